The van der Waals surface area contributed by atoms with Crippen molar-refractivity contribution in [3.05, 3.63) is 53.2 Å². The fourth-order valence-corrected chi connectivity index (χ4v) is 5.39. The summed E-state index contributed by atoms with van der Waals surface area (Å²) in [7, 11) is 0. The van der Waals surface area contributed by atoms with Crippen LogP contribution in [0.5, 0.6) is 0 Å². The van der Waals surface area contributed by atoms with Crippen LogP contribution in [-0.2, 0) is 0 Å². The van der Waals surface area contributed by atoms with Gasteiger partial charge in [-0.15, -0.1) is 0 Å². The molecule has 1 aromatic carbocycles. The highest BCUT2D eigenvalue weighted by molar-refractivity contribution is 6.02. The third kappa shape index (κ3) is 5.95. The van der Waals surface area contributed by atoms with E-state index in [0.717, 1.165) is 38.0 Å². The number of carbonyl (C=O) groups excluding carboxylic acids is 3. The van der Waals surface area contributed by atoms with Crippen LogP contribution >= 0.6 is 0 Å². The molecule has 1 aliphatic carbocycles. The summed E-state index contributed by atoms with van der Waals surface area (Å²) in [6, 6.07) is 9.21. The molecule has 198 valence electrons. The Morgan fingerprint density at radius 2 is 1.84 bits per heavy atom. The lowest BCUT2D eigenvalue weighted by molar-refractivity contribution is 0.0934. The first-order chi connectivity index (χ1) is 17.4. The van der Waals surface area contributed by atoms with Crippen LogP contribution < -0.4 is 21.3 Å². The molecule has 1 aromatic heterocycles. The van der Waals surface area contributed by atoms with Gasteiger partial charge in [-0.05, 0) is 81.2 Å². The molecule has 0 radical (unpaired) electrons. The number of benzene rings is 1. The molecule has 8 nitrogen and oxygen atoms in total. The van der Waals surface area contributed by atoms with E-state index in [1.807, 2.05) is 19.1 Å². The topological polar surface area (TPSA) is 117 Å². The molecular formula is C29H39N5O3. The maximum atomic E-state index is 13.3. The molecule has 1 aliphatic heterocycles. The third-order valence-electron chi connectivity index (χ3n) is 8.03. The summed E-state index contributed by atoms with van der Waals surface area (Å²) >= 11 is 0. The number of carbonyl (C=O) groups is 3. The zero-order chi connectivity index (χ0) is 26.9. The first-order valence-electron chi connectivity index (χ1n) is 13.2. The van der Waals surface area contributed by atoms with Gasteiger partial charge in [0.1, 0.15) is 5.82 Å². The van der Waals surface area contributed by atoms with E-state index >= 15 is 0 Å². The highest BCUT2D eigenvalue weighted by atomic mass is 16.2. The summed E-state index contributed by atoms with van der Waals surface area (Å²) in [4.78, 5) is 43.8. The number of hydrogen-bond acceptors (Lipinski definition) is 6. The maximum Gasteiger partial charge on any atom is 0.251 e. The molecule has 8 heteroatoms. The van der Waals surface area contributed by atoms with Gasteiger partial charge in [0.2, 0.25) is 0 Å². The van der Waals surface area contributed by atoms with Crippen molar-refractivity contribution < 1.29 is 14.4 Å². The van der Waals surface area contributed by atoms with Gasteiger partial charge < -0.3 is 21.3 Å². The number of aromatic nitrogens is 1. The first-order valence-corrected chi connectivity index (χ1v) is 13.2. The second-order valence-corrected chi connectivity index (χ2v) is 11.6. The summed E-state index contributed by atoms with van der Waals surface area (Å²) in [6.07, 6.45) is 5.62. The number of amides is 2. The summed E-state index contributed by atoms with van der Waals surface area (Å²) in [5, 5.41) is 6.61. The zero-order valence-electron chi connectivity index (χ0n) is 22.5. The van der Waals surface area contributed by atoms with Crippen LogP contribution in [0.2, 0.25) is 0 Å². The Morgan fingerprint density at radius 1 is 1.11 bits per heavy atom. The van der Waals surface area contributed by atoms with Crippen molar-refractivity contribution in [1.82, 2.24) is 10.3 Å². The van der Waals surface area contributed by atoms with Crippen LogP contribution in [0.25, 0.3) is 0 Å². The normalized spacial score (nSPS) is 22.2. The average Bonchev–Trinajstić information content (AvgIpc) is 3.25. The molecule has 2 aliphatic rings. The van der Waals surface area contributed by atoms with Crippen LogP contribution in [0.3, 0.4) is 0 Å². The molecule has 0 bridgehead atoms. The molecule has 0 spiro atoms. The molecular weight excluding hydrogens is 466 g/mol. The predicted molar refractivity (Wildman–Crippen MR) is 146 cm³/mol. The Hall–Kier alpha value is -3.42. The highest BCUT2D eigenvalue weighted by Gasteiger charge is 2.41. The van der Waals surface area contributed by atoms with Crippen molar-refractivity contribution in [3.63, 3.8) is 0 Å². The molecule has 37 heavy (non-hydrogen) atoms. The average molecular weight is 506 g/mol. The van der Waals surface area contributed by atoms with Crippen molar-refractivity contribution in [1.29, 1.82) is 0 Å². The van der Waals surface area contributed by atoms with Gasteiger partial charge in [0.25, 0.3) is 11.8 Å². The lowest BCUT2D eigenvalue weighted by atomic mass is 9.87. The molecule has 2 heterocycles. The minimum atomic E-state index is -0.527. The van der Waals surface area contributed by atoms with E-state index < -0.39 is 5.91 Å². The van der Waals surface area contributed by atoms with Crippen molar-refractivity contribution in [2.75, 3.05) is 16.8 Å². The fraction of sp³-hybridized carbons (Fsp3) is 0.517. The molecule has 2 fully saturated rings. The minimum absolute atomic E-state index is 0.00861. The Bertz CT molecular complexity index is 1170. The third-order valence-corrected chi connectivity index (χ3v) is 8.03. The molecule has 2 aromatic rings. The predicted octanol–water partition coefficient (Wildman–Crippen LogP) is 4.41. The number of piperidine rings is 1. The molecule has 4 N–H and O–H groups in total. The number of rotatable bonds is 7. The molecule has 1 saturated heterocycles. The van der Waals surface area contributed by atoms with E-state index in [1.54, 1.807) is 31.3 Å². The number of Topliss-reactive ketones (excluding diaryl/α,β-unsaturated/α-hetero) is 1. The zero-order valence-corrected chi connectivity index (χ0v) is 22.5. The molecule has 4 atom stereocenters. The molecule has 4 unspecified atom stereocenters. The first kappa shape index (κ1) is 26.6. The van der Waals surface area contributed by atoms with Gasteiger partial charge in [-0.2, -0.15) is 0 Å². The minimum Gasteiger partial charge on any atom is -0.381 e. The summed E-state index contributed by atoms with van der Waals surface area (Å²) < 4.78 is 0. The van der Waals surface area contributed by atoms with Gasteiger partial charge in [0, 0.05) is 47.7 Å². The summed E-state index contributed by atoms with van der Waals surface area (Å²) in [5.41, 5.74) is 7.63. The standard InChI is InChI=1S/C29H39N5O3/c1-17(35)21-9-11-26(31-16-21)34-12-6-7-19-13-22(15-25(19)34)33-28(37)20-8-10-23(27(30)36)24(14-20)32-18(2)29(3,4)5/h8-11,14,16,18-19,22,25,32H,6-7,12-13,15H2,1-5H3,(H2,30,36)(H,33,37). The quantitative estimate of drug-likeness (QED) is 0.480. The number of ketones is 1. The van der Waals surface area contributed by atoms with Crippen molar-refractivity contribution in [3.8, 4) is 0 Å². The van der Waals surface area contributed by atoms with Gasteiger partial charge in [-0.3, -0.25) is 14.4 Å². The van der Waals surface area contributed by atoms with Crippen LogP contribution in [0, 0.1) is 11.3 Å². The number of hydrogen-bond donors (Lipinski definition) is 3. The van der Waals surface area contributed by atoms with E-state index in [2.05, 4.69) is 41.3 Å². The van der Waals surface area contributed by atoms with Crippen molar-refractivity contribution in [2.45, 2.75) is 78.4 Å². The van der Waals surface area contributed by atoms with Gasteiger partial charge in [-0.25, -0.2) is 4.98 Å². The summed E-state index contributed by atoms with van der Waals surface area (Å²) in [6.45, 7) is 10.9. The fourth-order valence-electron chi connectivity index (χ4n) is 5.39. The second-order valence-electron chi connectivity index (χ2n) is 11.6. The van der Waals surface area contributed by atoms with E-state index in [4.69, 9.17) is 5.73 Å². The van der Waals surface area contributed by atoms with Crippen molar-refractivity contribution >= 4 is 29.1 Å². The van der Waals surface area contributed by atoms with Crippen LogP contribution in [-0.4, -0.2) is 47.3 Å². The Kier molecular flexibility index (Phi) is 7.57. The van der Waals surface area contributed by atoms with Crippen LogP contribution in [0.15, 0.2) is 36.5 Å². The van der Waals surface area contributed by atoms with E-state index in [-0.39, 0.29) is 29.2 Å². The lowest BCUT2D eigenvalue weighted by Crippen LogP contribution is -2.43. The SMILES string of the molecule is CC(=O)c1ccc(N2CCCC3CC(NC(=O)c4ccc(C(N)=O)c(NC(C)C(C)(C)C)c4)CC32)nc1. The number of nitrogens with one attached hydrogen (secondary N) is 2. The monoisotopic (exact) mass is 505 g/mol. The summed E-state index contributed by atoms with van der Waals surface area (Å²) in [5.74, 6) is 0.698. The number of primary amides is 1. The Labute approximate surface area is 219 Å². The van der Waals surface area contributed by atoms with Crippen LogP contribution in [0.4, 0.5) is 11.5 Å². The number of nitrogens with zero attached hydrogens (tertiary/aromatic N) is 2. The number of fused-ring (bicyclic) bond motifs is 1. The Balaban J connectivity index is 1.47. The number of nitrogens with two attached hydrogens (primary N) is 1. The Morgan fingerprint density at radius 3 is 2.46 bits per heavy atom. The lowest BCUT2D eigenvalue weighted by Gasteiger charge is -2.38. The van der Waals surface area contributed by atoms with Gasteiger partial charge >= 0.3 is 0 Å². The largest absolute Gasteiger partial charge is 0.381 e. The maximum absolute atomic E-state index is 13.3. The smallest absolute Gasteiger partial charge is 0.251 e. The van der Waals surface area contributed by atoms with E-state index in [9.17, 15) is 14.4 Å². The molecule has 1 saturated carbocycles. The number of anilines is 2. The molecule has 2 amide bonds. The van der Waals surface area contributed by atoms with E-state index in [1.165, 1.54) is 0 Å². The van der Waals surface area contributed by atoms with Crippen molar-refractivity contribution in [2.24, 2.45) is 17.1 Å². The second kappa shape index (κ2) is 10.5. The van der Waals surface area contributed by atoms with Crippen LogP contribution in [0.1, 0.15) is 91.4 Å². The highest BCUT2D eigenvalue weighted by Crippen LogP contribution is 2.39. The number of pyridine rings is 1. The van der Waals surface area contributed by atoms with Gasteiger partial charge in [0.05, 0.1) is 5.56 Å². The van der Waals surface area contributed by atoms with Gasteiger partial charge in [0.15, 0.2) is 5.78 Å². The van der Waals surface area contributed by atoms with E-state index in [0.29, 0.717) is 34.3 Å². The molecule has 4 rings (SSSR count). The van der Waals surface area contributed by atoms with Gasteiger partial charge in [-0.1, -0.05) is 20.8 Å².